The van der Waals surface area contributed by atoms with Gasteiger partial charge in [0.15, 0.2) is 0 Å². The molecule has 5 heteroatoms. The minimum Gasteiger partial charge on any atom is -0.399 e. The molecule has 20 heavy (non-hydrogen) atoms. The van der Waals surface area contributed by atoms with Crippen molar-refractivity contribution in [3.63, 3.8) is 0 Å². The predicted octanol–water partition coefficient (Wildman–Crippen LogP) is 2.12. The van der Waals surface area contributed by atoms with Gasteiger partial charge < -0.3 is 10.6 Å². The first kappa shape index (κ1) is 14.0. The highest BCUT2D eigenvalue weighted by Gasteiger charge is 2.16. The van der Waals surface area contributed by atoms with E-state index in [4.69, 9.17) is 5.73 Å². The number of benzene rings is 1. The van der Waals surface area contributed by atoms with Crippen molar-refractivity contribution in [2.75, 3.05) is 19.3 Å². The van der Waals surface area contributed by atoms with E-state index in [2.05, 4.69) is 4.98 Å². The Bertz CT molecular complexity index is 601. The van der Waals surface area contributed by atoms with Crippen LogP contribution >= 0.6 is 0 Å². The van der Waals surface area contributed by atoms with Crippen LogP contribution in [0.2, 0.25) is 0 Å². The van der Waals surface area contributed by atoms with Crippen molar-refractivity contribution < 1.29 is 9.18 Å². The highest BCUT2D eigenvalue weighted by molar-refractivity contribution is 5.94. The molecule has 1 aromatic heterocycles. The molecule has 0 aliphatic carbocycles. The van der Waals surface area contributed by atoms with Crippen LogP contribution in [-0.2, 0) is 6.42 Å². The molecule has 0 radical (unpaired) electrons. The van der Waals surface area contributed by atoms with E-state index in [9.17, 15) is 9.18 Å². The Labute approximate surface area is 117 Å². The molecule has 0 aliphatic rings. The number of carbonyl (C=O) groups excluding carboxylic acids is 1. The molecule has 4 nitrogen and oxygen atoms in total. The molecule has 1 heterocycles. The molecule has 0 saturated heterocycles. The standard InChI is InChI=1S/C15H16FN3O/c1-19(9-7-12-4-2-3-8-18-12)15(20)13-6-5-11(17)10-14(13)16/h2-6,8,10H,7,9,17H2,1H3. The van der Waals surface area contributed by atoms with E-state index in [1.165, 1.54) is 17.0 Å². The lowest BCUT2D eigenvalue weighted by Gasteiger charge is -2.17. The summed E-state index contributed by atoms with van der Waals surface area (Å²) >= 11 is 0. The number of carbonyl (C=O) groups is 1. The first-order valence-corrected chi connectivity index (χ1v) is 6.28. The first-order chi connectivity index (χ1) is 9.58. The molecular weight excluding hydrogens is 257 g/mol. The van der Waals surface area contributed by atoms with Crippen LogP contribution in [0.5, 0.6) is 0 Å². The Morgan fingerprint density at radius 3 is 2.80 bits per heavy atom. The normalized spacial score (nSPS) is 10.3. The van der Waals surface area contributed by atoms with Gasteiger partial charge in [-0.1, -0.05) is 6.07 Å². The Morgan fingerprint density at radius 1 is 1.35 bits per heavy atom. The highest BCUT2D eigenvalue weighted by Crippen LogP contribution is 2.13. The maximum atomic E-state index is 13.7. The third kappa shape index (κ3) is 3.32. The van der Waals surface area contributed by atoms with Crippen molar-refractivity contribution in [2.45, 2.75) is 6.42 Å². The van der Waals surface area contributed by atoms with E-state index in [1.54, 1.807) is 13.2 Å². The smallest absolute Gasteiger partial charge is 0.256 e. The summed E-state index contributed by atoms with van der Waals surface area (Å²) in [5.41, 5.74) is 6.69. The van der Waals surface area contributed by atoms with Gasteiger partial charge in [0.2, 0.25) is 0 Å². The van der Waals surface area contributed by atoms with Crippen molar-refractivity contribution in [1.29, 1.82) is 0 Å². The van der Waals surface area contributed by atoms with Crippen molar-refractivity contribution in [2.24, 2.45) is 0 Å². The number of nitrogens with two attached hydrogens (primary N) is 1. The van der Waals surface area contributed by atoms with E-state index < -0.39 is 5.82 Å². The van der Waals surface area contributed by atoms with Crippen LogP contribution in [0, 0.1) is 5.82 Å². The lowest BCUT2D eigenvalue weighted by Crippen LogP contribution is -2.29. The van der Waals surface area contributed by atoms with Crippen LogP contribution in [0.25, 0.3) is 0 Å². The fourth-order valence-corrected chi connectivity index (χ4v) is 1.84. The van der Waals surface area contributed by atoms with E-state index in [-0.39, 0.29) is 11.5 Å². The zero-order valence-corrected chi connectivity index (χ0v) is 11.2. The zero-order chi connectivity index (χ0) is 14.5. The van der Waals surface area contributed by atoms with E-state index in [0.29, 0.717) is 18.7 Å². The highest BCUT2D eigenvalue weighted by atomic mass is 19.1. The summed E-state index contributed by atoms with van der Waals surface area (Å²) in [6, 6.07) is 9.70. The number of nitrogens with zero attached hydrogens (tertiary/aromatic N) is 2. The largest absolute Gasteiger partial charge is 0.399 e. The quantitative estimate of drug-likeness (QED) is 0.868. The van der Waals surface area contributed by atoms with Crippen molar-refractivity contribution >= 4 is 11.6 Å². The molecule has 0 fully saturated rings. The van der Waals surface area contributed by atoms with Gasteiger partial charge in [-0.2, -0.15) is 0 Å². The van der Waals surface area contributed by atoms with Crippen molar-refractivity contribution in [1.82, 2.24) is 9.88 Å². The van der Waals surface area contributed by atoms with Crippen LogP contribution in [0.1, 0.15) is 16.1 Å². The monoisotopic (exact) mass is 273 g/mol. The molecule has 0 unspecified atom stereocenters. The fourth-order valence-electron chi connectivity index (χ4n) is 1.84. The van der Waals surface area contributed by atoms with Crippen LogP contribution in [-0.4, -0.2) is 29.4 Å². The third-order valence-electron chi connectivity index (χ3n) is 3.00. The summed E-state index contributed by atoms with van der Waals surface area (Å²) in [5, 5.41) is 0. The number of rotatable bonds is 4. The molecule has 1 amide bonds. The summed E-state index contributed by atoms with van der Waals surface area (Å²) in [6.45, 7) is 0.472. The summed E-state index contributed by atoms with van der Waals surface area (Å²) in [4.78, 5) is 17.8. The SMILES string of the molecule is CN(CCc1ccccn1)C(=O)c1ccc(N)cc1F. The lowest BCUT2D eigenvalue weighted by molar-refractivity contribution is 0.0792. The molecule has 2 rings (SSSR count). The van der Waals surface area contributed by atoms with E-state index in [0.717, 1.165) is 11.8 Å². The minimum atomic E-state index is -0.598. The van der Waals surface area contributed by atoms with Gasteiger partial charge in [0.25, 0.3) is 5.91 Å². The summed E-state index contributed by atoms with van der Waals surface area (Å²) in [6.07, 6.45) is 2.33. The number of pyridine rings is 1. The van der Waals surface area contributed by atoms with Crippen LogP contribution in [0.4, 0.5) is 10.1 Å². The maximum absolute atomic E-state index is 13.7. The molecule has 0 atom stereocenters. The average molecular weight is 273 g/mol. The molecule has 2 aromatic rings. The van der Waals surface area contributed by atoms with Gasteiger partial charge in [-0.05, 0) is 30.3 Å². The third-order valence-corrected chi connectivity index (χ3v) is 3.00. The predicted molar refractivity (Wildman–Crippen MR) is 75.7 cm³/mol. The second-order valence-electron chi connectivity index (χ2n) is 4.54. The number of halogens is 1. The van der Waals surface area contributed by atoms with E-state index in [1.807, 2.05) is 18.2 Å². The van der Waals surface area contributed by atoms with Gasteiger partial charge in [-0.25, -0.2) is 4.39 Å². The Kier molecular flexibility index (Phi) is 4.30. The molecule has 0 spiro atoms. The summed E-state index contributed by atoms with van der Waals surface area (Å²) in [5.74, 6) is -0.960. The van der Waals surface area contributed by atoms with Gasteiger partial charge in [-0.15, -0.1) is 0 Å². The number of nitrogen functional groups attached to an aromatic ring is 1. The molecule has 0 bridgehead atoms. The van der Waals surface area contributed by atoms with Crippen LogP contribution in [0.3, 0.4) is 0 Å². The van der Waals surface area contributed by atoms with Crippen LogP contribution < -0.4 is 5.73 Å². The molecular formula is C15H16FN3O. The second kappa shape index (κ2) is 6.14. The number of likely N-dealkylation sites (N-methyl/N-ethyl adjacent to an activating group) is 1. The number of amides is 1. The molecule has 2 N–H and O–H groups in total. The minimum absolute atomic E-state index is 0.0303. The summed E-state index contributed by atoms with van der Waals surface area (Å²) in [7, 11) is 1.64. The fraction of sp³-hybridized carbons (Fsp3) is 0.200. The van der Waals surface area contributed by atoms with Gasteiger partial charge in [0.1, 0.15) is 5.82 Å². The number of anilines is 1. The molecule has 0 saturated carbocycles. The first-order valence-electron chi connectivity index (χ1n) is 6.28. The molecule has 104 valence electrons. The Morgan fingerprint density at radius 2 is 2.15 bits per heavy atom. The average Bonchev–Trinajstić information content (AvgIpc) is 2.45. The Balaban J connectivity index is 2.01. The lowest BCUT2D eigenvalue weighted by atomic mass is 10.1. The topological polar surface area (TPSA) is 59.2 Å². The van der Waals surface area contributed by atoms with Gasteiger partial charge in [0, 0.05) is 37.6 Å². The van der Waals surface area contributed by atoms with Gasteiger partial charge >= 0.3 is 0 Å². The number of hydrogen-bond acceptors (Lipinski definition) is 3. The Hall–Kier alpha value is -2.43. The van der Waals surface area contributed by atoms with Crippen molar-refractivity contribution in [3.8, 4) is 0 Å². The molecule has 0 aliphatic heterocycles. The molecule has 1 aromatic carbocycles. The number of aromatic nitrogens is 1. The summed E-state index contributed by atoms with van der Waals surface area (Å²) < 4.78 is 13.7. The second-order valence-corrected chi connectivity index (χ2v) is 4.54. The van der Waals surface area contributed by atoms with Crippen molar-refractivity contribution in [3.05, 3.63) is 59.7 Å². The number of hydrogen-bond donors (Lipinski definition) is 1. The maximum Gasteiger partial charge on any atom is 0.256 e. The van der Waals surface area contributed by atoms with Gasteiger partial charge in [0.05, 0.1) is 5.56 Å². The van der Waals surface area contributed by atoms with Gasteiger partial charge in [-0.3, -0.25) is 9.78 Å². The zero-order valence-electron chi connectivity index (χ0n) is 11.2. The van der Waals surface area contributed by atoms with Crippen LogP contribution in [0.15, 0.2) is 42.6 Å². The van der Waals surface area contributed by atoms with E-state index >= 15 is 0 Å².